The zero-order valence-corrected chi connectivity index (χ0v) is 13.4. The van der Waals surface area contributed by atoms with E-state index in [1.165, 1.54) is 6.42 Å². The van der Waals surface area contributed by atoms with Crippen molar-refractivity contribution in [3.05, 3.63) is 0 Å². The molecule has 23 heavy (non-hydrogen) atoms. The summed E-state index contributed by atoms with van der Waals surface area (Å²) in [5.41, 5.74) is 6.09. The van der Waals surface area contributed by atoms with Gasteiger partial charge in [-0.15, -0.1) is 0 Å². The van der Waals surface area contributed by atoms with E-state index in [1.54, 1.807) is 4.90 Å². The lowest BCUT2D eigenvalue weighted by molar-refractivity contribution is -0.176. The molecule has 1 amide bonds. The molecule has 1 saturated heterocycles. The maximum Gasteiger partial charge on any atom is 0.241 e. The second-order valence-corrected chi connectivity index (χ2v) is 8.95. The van der Waals surface area contributed by atoms with Crippen LogP contribution < -0.4 is 5.73 Å². The average Bonchev–Trinajstić information content (AvgIpc) is 3.20. The summed E-state index contributed by atoms with van der Waals surface area (Å²) in [5.74, 6) is 2.04. The van der Waals surface area contributed by atoms with Gasteiger partial charge in [0.15, 0.2) is 0 Å². The molecule has 6 rings (SSSR count). The van der Waals surface area contributed by atoms with Crippen molar-refractivity contribution < 1.29 is 9.90 Å². The molecule has 3 N–H and O–H groups in total. The molecule has 6 fully saturated rings. The molecule has 1 heterocycles. The third-order valence-corrected chi connectivity index (χ3v) is 7.71. The standard InChI is InChI=1S/C18H25N3O2/c19-8-13-4-11-5-14(11)21(13)17(23)15(20)18-6-9-1-10(7-18)3-12(2-9)16(18)22/h9-16,22H,1-7,20H2/t9?,10?,11-,12?,13+,14+,15-,16?,18?/m1/s1. The van der Waals surface area contributed by atoms with Crippen LogP contribution in [0.25, 0.3) is 0 Å². The van der Waals surface area contributed by atoms with Gasteiger partial charge in [-0.05, 0) is 68.6 Å². The normalized spacial score (nSPS) is 53.8. The highest BCUT2D eigenvalue weighted by molar-refractivity contribution is 5.84. The van der Waals surface area contributed by atoms with Gasteiger partial charge < -0.3 is 15.7 Å². The molecule has 0 radical (unpaired) electrons. The Labute approximate surface area is 136 Å². The lowest BCUT2D eigenvalue weighted by Crippen LogP contribution is -2.66. The minimum atomic E-state index is -0.638. The van der Waals surface area contributed by atoms with Crippen molar-refractivity contribution in [2.45, 2.75) is 69.2 Å². The number of hydrogen-bond donors (Lipinski definition) is 2. The molecule has 3 unspecified atom stereocenters. The maximum atomic E-state index is 13.2. The van der Waals surface area contributed by atoms with E-state index in [9.17, 15) is 15.2 Å². The van der Waals surface area contributed by atoms with Crippen molar-refractivity contribution in [1.82, 2.24) is 4.90 Å². The summed E-state index contributed by atoms with van der Waals surface area (Å²) in [4.78, 5) is 14.9. The van der Waals surface area contributed by atoms with E-state index in [-0.39, 0.29) is 18.0 Å². The number of fused-ring (bicyclic) bond motifs is 1. The van der Waals surface area contributed by atoms with Crippen LogP contribution in [0, 0.1) is 40.4 Å². The number of carbonyl (C=O) groups is 1. The molecule has 0 aromatic heterocycles. The fraction of sp³-hybridized carbons (Fsp3) is 0.889. The largest absolute Gasteiger partial charge is 0.392 e. The van der Waals surface area contributed by atoms with Crippen LogP contribution in [-0.2, 0) is 4.79 Å². The summed E-state index contributed by atoms with van der Waals surface area (Å²) in [6.07, 6.45) is 6.66. The molecular formula is C18H25N3O2. The summed E-state index contributed by atoms with van der Waals surface area (Å²) < 4.78 is 0. The Bertz CT molecular complexity index is 586. The average molecular weight is 315 g/mol. The van der Waals surface area contributed by atoms with Crippen LogP contribution in [0.5, 0.6) is 0 Å². The number of amides is 1. The minimum absolute atomic E-state index is 0.0671. The molecule has 0 aromatic rings. The molecule has 124 valence electrons. The van der Waals surface area contributed by atoms with Crippen molar-refractivity contribution >= 4 is 5.91 Å². The van der Waals surface area contributed by atoms with Gasteiger partial charge in [-0.1, -0.05) is 0 Å². The van der Waals surface area contributed by atoms with Crippen molar-refractivity contribution in [2.75, 3.05) is 0 Å². The van der Waals surface area contributed by atoms with Crippen molar-refractivity contribution in [2.24, 2.45) is 34.8 Å². The first-order valence-electron chi connectivity index (χ1n) is 9.19. The van der Waals surface area contributed by atoms with Gasteiger partial charge >= 0.3 is 0 Å². The first-order chi connectivity index (χ1) is 11.0. The highest BCUT2D eigenvalue weighted by Crippen LogP contribution is 2.61. The van der Waals surface area contributed by atoms with E-state index in [1.807, 2.05) is 0 Å². The number of hydrogen-bond acceptors (Lipinski definition) is 4. The number of rotatable bonds is 2. The Morgan fingerprint density at radius 1 is 1.17 bits per heavy atom. The summed E-state index contributed by atoms with van der Waals surface area (Å²) in [7, 11) is 0. The zero-order chi connectivity index (χ0) is 15.9. The predicted molar refractivity (Wildman–Crippen MR) is 82.7 cm³/mol. The number of nitriles is 1. The van der Waals surface area contributed by atoms with Crippen molar-refractivity contribution in [3.63, 3.8) is 0 Å². The van der Waals surface area contributed by atoms with E-state index >= 15 is 0 Å². The Kier molecular flexibility index (Phi) is 2.78. The Morgan fingerprint density at radius 3 is 2.52 bits per heavy atom. The highest BCUT2D eigenvalue weighted by atomic mass is 16.3. The van der Waals surface area contributed by atoms with Gasteiger partial charge in [0.1, 0.15) is 6.04 Å². The van der Waals surface area contributed by atoms with Gasteiger partial charge in [-0.25, -0.2) is 0 Å². The molecule has 5 aliphatic carbocycles. The summed E-state index contributed by atoms with van der Waals surface area (Å²) >= 11 is 0. The third kappa shape index (κ3) is 1.77. The quantitative estimate of drug-likeness (QED) is 0.796. The second kappa shape index (κ2) is 4.49. The van der Waals surface area contributed by atoms with Crippen LogP contribution in [0.3, 0.4) is 0 Å². The van der Waals surface area contributed by atoms with Crippen LogP contribution in [0.2, 0.25) is 0 Å². The van der Waals surface area contributed by atoms with Gasteiger partial charge in [-0.2, -0.15) is 5.26 Å². The van der Waals surface area contributed by atoms with Crippen molar-refractivity contribution in [3.8, 4) is 6.07 Å². The second-order valence-electron chi connectivity index (χ2n) is 8.95. The number of piperidine rings is 1. The Hall–Kier alpha value is -1.12. The van der Waals surface area contributed by atoms with E-state index in [2.05, 4.69) is 6.07 Å². The predicted octanol–water partition coefficient (Wildman–Crippen LogP) is 1.01. The number of likely N-dealkylation sites (tertiary alicyclic amines) is 1. The molecular weight excluding hydrogens is 290 g/mol. The summed E-state index contributed by atoms with van der Waals surface area (Å²) in [5, 5.41) is 20.3. The Morgan fingerprint density at radius 2 is 1.87 bits per heavy atom. The number of nitrogens with zero attached hydrogens (tertiary/aromatic N) is 2. The monoisotopic (exact) mass is 315 g/mol. The Balaban J connectivity index is 1.44. The van der Waals surface area contributed by atoms with Crippen molar-refractivity contribution in [1.29, 1.82) is 5.26 Å². The van der Waals surface area contributed by atoms with E-state index in [4.69, 9.17) is 5.73 Å². The zero-order valence-electron chi connectivity index (χ0n) is 13.4. The molecule has 0 spiro atoms. The number of carbonyl (C=O) groups excluding carboxylic acids is 1. The van der Waals surface area contributed by atoms with Crippen LogP contribution in [-0.4, -0.2) is 40.1 Å². The van der Waals surface area contributed by atoms with E-state index in [0.29, 0.717) is 23.7 Å². The van der Waals surface area contributed by atoms with Gasteiger partial charge in [0, 0.05) is 11.5 Å². The smallest absolute Gasteiger partial charge is 0.241 e. The summed E-state index contributed by atoms with van der Waals surface area (Å²) in [6, 6.07) is 1.58. The molecule has 5 saturated carbocycles. The first-order valence-corrected chi connectivity index (χ1v) is 9.19. The van der Waals surface area contributed by atoms with Gasteiger partial charge in [0.25, 0.3) is 0 Å². The lowest BCUT2D eigenvalue weighted by Gasteiger charge is -2.61. The van der Waals surface area contributed by atoms with E-state index < -0.39 is 17.6 Å². The van der Waals surface area contributed by atoms with Gasteiger partial charge in [0.2, 0.25) is 5.91 Å². The van der Waals surface area contributed by atoms with E-state index in [0.717, 1.165) is 38.5 Å². The molecule has 1 aliphatic heterocycles. The van der Waals surface area contributed by atoms with Crippen LogP contribution in [0.15, 0.2) is 0 Å². The van der Waals surface area contributed by atoms with Gasteiger partial charge in [0.05, 0.1) is 18.2 Å². The maximum absolute atomic E-state index is 13.2. The molecule has 5 nitrogen and oxygen atoms in total. The summed E-state index contributed by atoms with van der Waals surface area (Å²) in [6.45, 7) is 0. The van der Waals surface area contributed by atoms with Gasteiger partial charge in [-0.3, -0.25) is 4.79 Å². The number of nitrogens with two attached hydrogens (primary N) is 1. The highest BCUT2D eigenvalue weighted by Gasteiger charge is 2.63. The topological polar surface area (TPSA) is 90.4 Å². The SMILES string of the molecule is N#C[C@@H]1C[C@@H]2C[C@@H]2N1C(=O)[C@@H](N)C12CC3CC(CC(C3)C1O)C2. The fourth-order valence-electron chi connectivity index (χ4n) is 6.81. The van der Waals surface area contributed by atoms with Crippen LogP contribution in [0.4, 0.5) is 0 Å². The third-order valence-electron chi connectivity index (χ3n) is 7.71. The number of aliphatic hydroxyl groups is 1. The molecule has 6 aliphatic rings. The van der Waals surface area contributed by atoms with Crippen LogP contribution >= 0.6 is 0 Å². The molecule has 7 atom stereocenters. The fourth-order valence-corrected chi connectivity index (χ4v) is 6.81. The number of aliphatic hydroxyl groups excluding tert-OH is 1. The molecule has 4 bridgehead atoms. The minimum Gasteiger partial charge on any atom is -0.392 e. The molecule has 0 aromatic carbocycles. The molecule has 5 heteroatoms. The lowest BCUT2D eigenvalue weighted by atomic mass is 9.46. The first kappa shape index (κ1) is 14.2. The van der Waals surface area contributed by atoms with Crippen LogP contribution in [0.1, 0.15) is 44.9 Å².